The molecular weight excluding hydrogens is 314 g/mol. The maximum atomic E-state index is 12.1. The molecule has 0 radical (unpaired) electrons. The topological polar surface area (TPSA) is 92.2 Å². The third kappa shape index (κ3) is 3.92. The summed E-state index contributed by atoms with van der Waals surface area (Å²) >= 11 is 1.48. The molecule has 2 N–H and O–H groups in total. The minimum Gasteiger partial charge on any atom is -0.481 e. The molecule has 0 aliphatic heterocycles. The van der Waals surface area contributed by atoms with Crippen LogP contribution in [-0.2, 0) is 16.0 Å². The zero-order valence-electron chi connectivity index (χ0n) is 12.4. The predicted octanol–water partition coefficient (Wildman–Crippen LogP) is 2.12. The van der Waals surface area contributed by atoms with Gasteiger partial charge >= 0.3 is 5.97 Å². The molecule has 1 aliphatic carbocycles. The summed E-state index contributed by atoms with van der Waals surface area (Å²) in [5.41, 5.74) is 1.66. The summed E-state index contributed by atoms with van der Waals surface area (Å²) < 4.78 is 0. The third-order valence-electron chi connectivity index (χ3n) is 3.95. The number of pyridine rings is 1. The maximum absolute atomic E-state index is 12.1. The molecule has 2 aromatic heterocycles. The summed E-state index contributed by atoms with van der Waals surface area (Å²) in [7, 11) is 0. The van der Waals surface area contributed by atoms with Crippen molar-refractivity contribution in [2.24, 2.45) is 5.92 Å². The van der Waals surface area contributed by atoms with Crippen LogP contribution in [0.1, 0.15) is 25.0 Å². The Morgan fingerprint density at radius 2 is 2.26 bits per heavy atom. The van der Waals surface area contributed by atoms with Crippen LogP contribution < -0.4 is 5.32 Å². The normalized spacial score (nSPS) is 20.3. The van der Waals surface area contributed by atoms with Crippen molar-refractivity contribution < 1.29 is 14.7 Å². The lowest BCUT2D eigenvalue weighted by Gasteiger charge is -2.11. The number of hydrogen-bond donors (Lipinski definition) is 2. The van der Waals surface area contributed by atoms with Crippen LogP contribution in [0.15, 0.2) is 29.9 Å². The minimum atomic E-state index is -0.776. The fourth-order valence-corrected chi connectivity index (χ4v) is 3.60. The highest BCUT2D eigenvalue weighted by Crippen LogP contribution is 2.26. The number of hydrogen-bond acceptors (Lipinski definition) is 5. The molecule has 3 rings (SSSR count). The smallest absolute Gasteiger partial charge is 0.306 e. The molecular formula is C16H17N3O3S. The second-order valence-corrected chi connectivity index (χ2v) is 6.53. The first kappa shape index (κ1) is 15.6. The Morgan fingerprint density at radius 1 is 1.39 bits per heavy atom. The van der Waals surface area contributed by atoms with Gasteiger partial charge in [0.2, 0.25) is 5.91 Å². The molecule has 0 spiro atoms. The van der Waals surface area contributed by atoms with Crippen LogP contribution in [0.4, 0.5) is 0 Å². The molecule has 2 aromatic rings. The number of carbonyl (C=O) groups excluding carboxylic acids is 1. The van der Waals surface area contributed by atoms with Gasteiger partial charge < -0.3 is 10.4 Å². The van der Waals surface area contributed by atoms with Gasteiger partial charge in [0.05, 0.1) is 18.0 Å². The first-order chi connectivity index (χ1) is 11.1. The molecule has 1 amide bonds. The lowest BCUT2D eigenvalue weighted by Crippen LogP contribution is -2.34. The van der Waals surface area contributed by atoms with Gasteiger partial charge in [-0.3, -0.25) is 14.6 Å². The van der Waals surface area contributed by atoms with Gasteiger partial charge in [0.1, 0.15) is 5.01 Å². The van der Waals surface area contributed by atoms with Gasteiger partial charge in [-0.25, -0.2) is 4.98 Å². The fraction of sp³-hybridized carbons (Fsp3) is 0.375. The van der Waals surface area contributed by atoms with Gasteiger partial charge in [-0.05, 0) is 31.4 Å². The van der Waals surface area contributed by atoms with Crippen molar-refractivity contribution in [1.82, 2.24) is 15.3 Å². The van der Waals surface area contributed by atoms with Crippen molar-refractivity contribution >= 4 is 23.2 Å². The molecule has 23 heavy (non-hydrogen) atoms. The third-order valence-corrected chi connectivity index (χ3v) is 4.89. The first-order valence-corrected chi connectivity index (χ1v) is 8.37. The van der Waals surface area contributed by atoms with Gasteiger partial charge in [0.15, 0.2) is 0 Å². The number of aliphatic carboxylic acids is 1. The van der Waals surface area contributed by atoms with E-state index in [1.54, 1.807) is 12.4 Å². The number of carboxylic acids is 1. The van der Waals surface area contributed by atoms with Crippen molar-refractivity contribution in [3.8, 4) is 10.6 Å². The summed E-state index contributed by atoms with van der Waals surface area (Å²) in [6.07, 6.45) is 5.53. The van der Waals surface area contributed by atoms with E-state index in [0.29, 0.717) is 12.8 Å². The van der Waals surface area contributed by atoms with E-state index in [4.69, 9.17) is 5.11 Å². The Balaban J connectivity index is 1.55. The van der Waals surface area contributed by atoms with Gasteiger partial charge in [-0.1, -0.05) is 0 Å². The molecule has 0 aromatic carbocycles. The van der Waals surface area contributed by atoms with E-state index < -0.39 is 5.97 Å². The number of aromatic nitrogens is 2. The SMILES string of the molecule is O=C(Cc1csc(-c2cccnc2)n1)N[C@H]1CC[C@@H](C(=O)O)C1. The zero-order chi connectivity index (χ0) is 16.2. The number of rotatable bonds is 5. The first-order valence-electron chi connectivity index (χ1n) is 7.49. The lowest BCUT2D eigenvalue weighted by molar-refractivity contribution is -0.141. The van der Waals surface area contributed by atoms with Crippen molar-refractivity contribution in [1.29, 1.82) is 0 Å². The Morgan fingerprint density at radius 3 is 2.96 bits per heavy atom. The molecule has 1 fully saturated rings. The highest BCUT2D eigenvalue weighted by Gasteiger charge is 2.30. The standard InChI is InChI=1S/C16H17N3O3S/c20-14(18-12-4-3-10(6-12)16(21)22)7-13-9-23-15(19-13)11-2-1-5-17-8-11/h1-2,5,8-10,12H,3-4,6-7H2,(H,18,20)(H,21,22)/t10-,12+/m1/s1. The van der Waals surface area contributed by atoms with Crippen LogP contribution in [0.25, 0.3) is 10.6 Å². The van der Waals surface area contributed by atoms with Crippen molar-refractivity contribution in [2.75, 3.05) is 0 Å². The molecule has 0 bridgehead atoms. The van der Waals surface area contributed by atoms with E-state index in [9.17, 15) is 9.59 Å². The summed E-state index contributed by atoms with van der Waals surface area (Å²) in [6.45, 7) is 0. The largest absolute Gasteiger partial charge is 0.481 e. The number of thiazole rings is 1. The average molecular weight is 331 g/mol. The molecule has 1 saturated carbocycles. The molecule has 2 heterocycles. The van der Waals surface area contributed by atoms with Crippen LogP contribution in [0.5, 0.6) is 0 Å². The monoisotopic (exact) mass is 331 g/mol. The molecule has 0 saturated heterocycles. The Bertz CT molecular complexity index is 702. The van der Waals surface area contributed by atoms with E-state index >= 15 is 0 Å². The highest BCUT2D eigenvalue weighted by atomic mass is 32.1. The number of nitrogens with zero attached hydrogens (tertiary/aromatic N) is 2. The zero-order valence-corrected chi connectivity index (χ0v) is 13.3. The van der Waals surface area contributed by atoms with Crippen LogP contribution in [0, 0.1) is 5.92 Å². The lowest BCUT2D eigenvalue weighted by atomic mass is 10.1. The van der Waals surface area contributed by atoms with Gasteiger partial charge in [0.25, 0.3) is 0 Å². The highest BCUT2D eigenvalue weighted by molar-refractivity contribution is 7.13. The molecule has 7 heteroatoms. The van der Waals surface area contributed by atoms with E-state index in [2.05, 4.69) is 15.3 Å². The average Bonchev–Trinajstić information content (AvgIpc) is 3.18. The summed E-state index contributed by atoms with van der Waals surface area (Å²) in [5, 5.41) is 14.6. The quantitative estimate of drug-likeness (QED) is 0.875. The number of nitrogens with one attached hydrogen (secondary N) is 1. The minimum absolute atomic E-state index is 0.0416. The van der Waals surface area contributed by atoms with Gasteiger partial charge in [-0.15, -0.1) is 11.3 Å². The molecule has 6 nitrogen and oxygen atoms in total. The molecule has 120 valence electrons. The van der Waals surface area contributed by atoms with Crippen molar-refractivity contribution in [2.45, 2.75) is 31.7 Å². The second kappa shape index (κ2) is 6.87. The van der Waals surface area contributed by atoms with E-state index in [1.807, 2.05) is 17.5 Å². The van der Waals surface area contributed by atoms with Gasteiger partial charge in [0, 0.05) is 29.4 Å². The summed E-state index contributed by atoms with van der Waals surface area (Å²) in [4.78, 5) is 31.5. The Labute approximate surface area is 137 Å². The number of amides is 1. The molecule has 0 unspecified atom stereocenters. The Hall–Kier alpha value is -2.28. The summed E-state index contributed by atoms with van der Waals surface area (Å²) in [6, 6.07) is 3.74. The van der Waals surface area contributed by atoms with Crippen molar-refractivity contribution in [3.05, 3.63) is 35.6 Å². The second-order valence-electron chi connectivity index (χ2n) is 5.68. The molecule has 2 atom stereocenters. The maximum Gasteiger partial charge on any atom is 0.306 e. The van der Waals surface area contributed by atoms with E-state index in [-0.39, 0.29) is 24.3 Å². The fourth-order valence-electron chi connectivity index (χ4n) is 2.79. The van der Waals surface area contributed by atoms with Crippen LogP contribution in [0.2, 0.25) is 0 Å². The van der Waals surface area contributed by atoms with Crippen LogP contribution in [-0.4, -0.2) is 33.0 Å². The number of carbonyl (C=O) groups is 2. The molecule has 1 aliphatic rings. The van der Waals surface area contributed by atoms with E-state index in [0.717, 1.165) is 22.7 Å². The summed E-state index contributed by atoms with van der Waals surface area (Å²) in [5.74, 6) is -1.22. The van der Waals surface area contributed by atoms with Crippen LogP contribution >= 0.6 is 11.3 Å². The van der Waals surface area contributed by atoms with E-state index in [1.165, 1.54) is 11.3 Å². The Kier molecular flexibility index (Phi) is 4.66. The van der Waals surface area contributed by atoms with Crippen LogP contribution in [0.3, 0.4) is 0 Å². The predicted molar refractivity (Wildman–Crippen MR) is 86.0 cm³/mol. The van der Waals surface area contributed by atoms with Gasteiger partial charge in [-0.2, -0.15) is 0 Å². The number of carboxylic acid groups (broad SMARTS) is 1. The van der Waals surface area contributed by atoms with Crippen molar-refractivity contribution in [3.63, 3.8) is 0 Å².